The Morgan fingerprint density at radius 2 is 1.64 bits per heavy atom. The van der Waals surface area contributed by atoms with Crippen LogP contribution in [0.5, 0.6) is 5.75 Å². The van der Waals surface area contributed by atoms with Gasteiger partial charge in [0.05, 0.1) is 0 Å². The van der Waals surface area contributed by atoms with Gasteiger partial charge < -0.3 is 20.4 Å². The summed E-state index contributed by atoms with van der Waals surface area (Å²) in [6.45, 7) is 0. The van der Waals surface area contributed by atoms with E-state index in [-0.39, 0.29) is 5.75 Å². The number of carbonyl (C=O) groups is 3. The normalized spacial score (nSPS) is 13.5. The van der Waals surface area contributed by atoms with Crippen LogP contribution in [-0.2, 0) is 24.2 Å². The highest BCUT2D eigenvalue weighted by Crippen LogP contribution is 2.11. The van der Waals surface area contributed by atoms with E-state index in [2.05, 4.69) is 9.78 Å². The van der Waals surface area contributed by atoms with E-state index in [1.165, 1.54) is 30.3 Å². The molecule has 9 nitrogen and oxygen atoms in total. The summed E-state index contributed by atoms with van der Waals surface area (Å²) >= 11 is 0. The van der Waals surface area contributed by atoms with Crippen molar-refractivity contribution >= 4 is 24.0 Å². The van der Waals surface area contributed by atoms with Gasteiger partial charge in [0.1, 0.15) is 5.75 Å². The van der Waals surface area contributed by atoms with Crippen LogP contribution in [0.1, 0.15) is 5.56 Å². The average molecular weight is 312 g/mol. The highest BCUT2D eigenvalue weighted by Gasteiger charge is 2.35. The maximum atomic E-state index is 11.3. The fraction of sp³-hybridized carbons (Fsp3) is 0.154. The minimum absolute atomic E-state index is 0.0371. The fourth-order valence-electron chi connectivity index (χ4n) is 1.24. The van der Waals surface area contributed by atoms with E-state index in [9.17, 15) is 14.4 Å². The quantitative estimate of drug-likeness (QED) is 0.304. The van der Waals surface area contributed by atoms with E-state index < -0.39 is 30.1 Å². The van der Waals surface area contributed by atoms with Gasteiger partial charge in [-0.15, -0.1) is 0 Å². The van der Waals surface area contributed by atoms with Crippen LogP contribution >= 0.6 is 0 Å². The number of aliphatic hydroxyl groups is 1. The summed E-state index contributed by atoms with van der Waals surface area (Å²) in [7, 11) is 0. The number of hydrogen-bond donors (Lipinski definition) is 4. The zero-order valence-corrected chi connectivity index (χ0v) is 10.9. The van der Waals surface area contributed by atoms with E-state index in [0.29, 0.717) is 5.56 Å². The number of aromatic hydroxyl groups is 1. The van der Waals surface area contributed by atoms with Gasteiger partial charge in [0.15, 0.2) is 6.10 Å². The Balaban J connectivity index is 2.58. The van der Waals surface area contributed by atoms with E-state index in [1.807, 2.05) is 0 Å². The Kier molecular flexibility index (Phi) is 6.05. The Bertz CT molecular complexity index is 576. The molecule has 1 rings (SSSR count). The van der Waals surface area contributed by atoms with Crippen molar-refractivity contribution in [2.24, 2.45) is 0 Å². The lowest BCUT2D eigenvalue weighted by atomic mass is 10.2. The van der Waals surface area contributed by atoms with Crippen LogP contribution in [-0.4, -0.2) is 50.5 Å². The molecule has 2 atom stereocenters. The third-order valence-corrected chi connectivity index (χ3v) is 2.32. The number of rotatable bonds is 7. The molecular formula is C13H12O9. The number of carboxylic acid groups (broad SMARTS) is 2. The highest BCUT2D eigenvalue weighted by molar-refractivity contribution is 5.87. The van der Waals surface area contributed by atoms with E-state index in [0.717, 1.165) is 6.08 Å². The van der Waals surface area contributed by atoms with Crippen LogP contribution in [0.25, 0.3) is 6.08 Å². The molecule has 0 fully saturated rings. The molecule has 9 heteroatoms. The maximum absolute atomic E-state index is 11.3. The van der Waals surface area contributed by atoms with Crippen molar-refractivity contribution in [2.45, 2.75) is 12.2 Å². The molecule has 0 bridgehead atoms. The van der Waals surface area contributed by atoms with Crippen LogP contribution in [0.3, 0.4) is 0 Å². The molecule has 1 aromatic carbocycles. The van der Waals surface area contributed by atoms with Crippen molar-refractivity contribution in [1.82, 2.24) is 0 Å². The second-order valence-corrected chi connectivity index (χ2v) is 3.97. The third kappa shape index (κ3) is 5.23. The molecule has 22 heavy (non-hydrogen) atoms. The van der Waals surface area contributed by atoms with Crippen molar-refractivity contribution in [3.8, 4) is 5.75 Å². The highest BCUT2D eigenvalue weighted by atomic mass is 17.2. The summed E-state index contributed by atoms with van der Waals surface area (Å²) < 4.78 is 0. The Morgan fingerprint density at radius 3 is 2.14 bits per heavy atom. The minimum atomic E-state index is -2.40. The van der Waals surface area contributed by atoms with Crippen molar-refractivity contribution in [2.75, 3.05) is 0 Å². The second-order valence-electron chi connectivity index (χ2n) is 3.97. The van der Waals surface area contributed by atoms with E-state index in [1.54, 1.807) is 0 Å². The molecule has 0 saturated carbocycles. The zero-order valence-electron chi connectivity index (χ0n) is 10.9. The number of aliphatic carboxylic acids is 2. The first kappa shape index (κ1) is 17.1. The first-order valence-electron chi connectivity index (χ1n) is 5.79. The number of carbonyl (C=O) groups excluding carboxylic acids is 1. The van der Waals surface area contributed by atoms with Gasteiger partial charge in [-0.3, -0.25) is 4.89 Å². The van der Waals surface area contributed by atoms with Crippen molar-refractivity contribution in [1.29, 1.82) is 0 Å². The molecule has 0 aromatic heterocycles. The molecular weight excluding hydrogens is 300 g/mol. The largest absolute Gasteiger partial charge is 0.508 e. The maximum Gasteiger partial charge on any atom is 0.366 e. The average Bonchev–Trinajstić information content (AvgIpc) is 2.46. The van der Waals surface area contributed by atoms with Gasteiger partial charge in [-0.2, -0.15) is 4.89 Å². The van der Waals surface area contributed by atoms with E-state index >= 15 is 0 Å². The van der Waals surface area contributed by atoms with Crippen LogP contribution < -0.4 is 0 Å². The number of hydrogen-bond acceptors (Lipinski definition) is 7. The molecule has 118 valence electrons. The fourth-order valence-corrected chi connectivity index (χ4v) is 1.24. The smallest absolute Gasteiger partial charge is 0.366 e. The lowest BCUT2D eigenvalue weighted by Crippen LogP contribution is -2.42. The number of carboxylic acids is 2. The van der Waals surface area contributed by atoms with Gasteiger partial charge in [-0.1, -0.05) is 12.1 Å². The Hall–Kier alpha value is -2.91. The Morgan fingerprint density at radius 1 is 1.05 bits per heavy atom. The molecule has 4 N–H and O–H groups in total. The molecule has 0 aliphatic heterocycles. The van der Waals surface area contributed by atoms with E-state index in [4.69, 9.17) is 20.4 Å². The van der Waals surface area contributed by atoms with Gasteiger partial charge in [-0.25, -0.2) is 14.4 Å². The number of phenolic OH excluding ortho intramolecular Hbond substituents is 1. The summed E-state index contributed by atoms with van der Waals surface area (Å²) in [6, 6.07) is 5.75. The SMILES string of the molecule is O=C(/C=C/c1ccc(O)cc1)OO[C@@H](C(=O)O)[C@@H](O)C(=O)O. The molecule has 0 heterocycles. The van der Waals surface area contributed by atoms with Crippen molar-refractivity contribution in [3.63, 3.8) is 0 Å². The predicted molar refractivity (Wildman–Crippen MR) is 69.4 cm³/mol. The molecule has 0 unspecified atom stereocenters. The molecule has 0 saturated heterocycles. The number of aliphatic hydroxyl groups excluding tert-OH is 1. The third-order valence-electron chi connectivity index (χ3n) is 2.32. The summed E-state index contributed by atoms with van der Waals surface area (Å²) in [6.07, 6.45) is -2.48. The van der Waals surface area contributed by atoms with Gasteiger partial charge in [-0.05, 0) is 23.8 Å². The number of benzene rings is 1. The summed E-state index contributed by atoms with van der Waals surface area (Å²) in [5.74, 6) is -4.74. The zero-order chi connectivity index (χ0) is 16.7. The first-order valence-corrected chi connectivity index (χ1v) is 5.79. The molecule has 1 aromatic rings. The number of phenols is 1. The van der Waals surface area contributed by atoms with Crippen LogP contribution in [0.4, 0.5) is 0 Å². The van der Waals surface area contributed by atoms with Crippen molar-refractivity contribution in [3.05, 3.63) is 35.9 Å². The summed E-state index contributed by atoms with van der Waals surface area (Å²) in [5, 5.41) is 35.3. The summed E-state index contributed by atoms with van der Waals surface area (Å²) in [5.41, 5.74) is 0.537. The van der Waals surface area contributed by atoms with Gasteiger partial charge in [0.25, 0.3) is 0 Å². The van der Waals surface area contributed by atoms with Gasteiger partial charge in [0, 0.05) is 6.08 Å². The molecule has 0 amide bonds. The molecule has 0 spiro atoms. The van der Waals surface area contributed by atoms with Crippen molar-refractivity contribution < 1.29 is 44.6 Å². The summed E-state index contributed by atoms with van der Waals surface area (Å²) in [4.78, 5) is 40.7. The first-order chi connectivity index (χ1) is 10.3. The lowest BCUT2D eigenvalue weighted by molar-refractivity contribution is -0.302. The predicted octanol–water partition coefficient (Wildman–Crippen LogP) is -0.221. The molecule has 0 aliphatic carbocycles. The monoisotopic (exact) mass is 312 g/mol. The standard InChI is InChI=1S/C13H12O9/c14-8-4-1-7(2-5-8)3-6-9(15)21-22-11(13(19)20)10(16)12(17)18/h1-6,10-11,14,16H,(H,17,18)(H,19,20)/b6-3+/t10-,11-/m1/s1. The molecule has 0 aliphatic rings. The second kappa shape index (κ2) is 7.76. The van der Waals surface area contributed by atoms with Gasteiger partial charge in [0.2, 0.25) is 6.10 Å². The van der Waals surface area contributed by atoms with Crippen LogP contribution in [0.2, 0.25) is 0 Å². The Labute approximate surface area is 123 Å². The lowest BCUT2D eigenvalue weighted by Gasteiger charge is -2.13. The topological polar surface area (TPSA) is 151 Å². The van der Waals surface area contributed by atoms with Crippen LogP contribution in [0.15, 0.2) is 30.3 Å². The molecule has 0 radical (unpaired) electrons. The van der Waals surface area contributed by atoms with Gasteiger partial charge >= 0.3 is 17.9 Å². The van der Waals surface area contributed by atoms with Crippen LogP contribution in [0, 0.1) is 0 Å². The minimum Gasteiger partial charge on any atom is -0.508 e.